The van der Waals surface area contributed by atoms with Crippen molar-refractivity contribution in [3.8, 4) is 16.8 Å². The lowest BCUT2D eigenvalue weighted by atomic mass is 10.0. The number of anilines is 2. The van der Waals surface area contributed by atoms with E-state index in [1.807, 2.05) is 24.6 Å². The Morgan fingerprint density at radius 2 is 1.78 bits per heavy atom. The Hall–Kier alpha value is -3.34. The van der Waals surface area contributed by atoms with E-state index in [0.717, 1.165) is 39.6 Å². The Bertz CT molecular complexity index is 1040. The molecule has 0 atom stereocenters. The summed E-state index contributed by atoms with van der Waals surface area (Å²) in [5.41, 5.74) is 7.68. The lowest BCUT2D eigenvalue weighted by Gasteiger charge is -2.23. The number of aromatic nitrogens is 3. The van der Waals surface area contributed by atoms with Gasteiger partial charge in [0.1, 0.15) is 5.76 Å². The molecule has 0 unspecified atom stereocenters. The van der Waals surface area contributed by atoms with E-state index in [-0.39, 0.29) is 0 Å². The largest absolute Gasteiger partial charge is 0.361 e. The van der Waals surface area contributed by atoms with Gasteiger partial charge in [-0.2, -0.15) is 0 Å². The van der Waals surface area contributed by atoms with Crippen LogP contribution in [0.15, 0.2) is 65.7 Å². The summed E-state index contributed by atoms with van der Waals surface area (Å²) in [4.78, 5) is 6.31. The summed E-state index contributed by atoms with van der Waals surface area (Å²) in [7, 11) is 2.09. The van der Waals surface area contributed by atoms with Crippen molar-refractivity contribution in [2.45, 2.75) is 20.8 Å². The van der Waals surface area contributed by atoms with Crippen LogP contribution in [0.2, 0.25) is 0 Å². The van der Waals surface area contributed by atoms with Crippen LogP contribution in [0.3, 0.4) is 0 Å². The zero-order chi connectivity index (χ0) is 19.0. The minimum atomic E-state index is 0.842. The Balaban J connectivity index is 1.69. The molecule has 2 aromatic carbocycles. The Morgan fingerprint density at radius 3 is 2.41 bits per heavy atom. The summed E-state index contributed by atoms with van der Waals surface area (Å²) < 4.78 is 7.34. The van der Waals surface area contributed by atoms with Gasteiger partial charge in [0, 0.05) is 42.1 Å². The van der Waals surface area contributed by atoms with Gasteiger partial charge in [-0.15, -0.1) is 0 Å². The van der Waals surface area contributed by atoms with Crippen LogP contribution < -0.4 is 4.90 Å². The molecular weight excluding hydrogens is 336 g/mol. The Labute approximate surface area is 158 Å². The number of hydrogen-bond acceptors (Lipinski definition) is 4. The zero-order valence-corrected chi connectivity index (χ0v) is 16.0. The van der Waals surface area contributed by atoms with Gasteiger partial charge >= 0.3 is 0 Å². The molecule has 2 aromatic heterocycles. The molecule has 0 N–H and O–H groups in total. The van der Waals surface area contributed by atoms with Gasteiger partial charge in [-0.25, -0.2) is 4.98 Å². The van der Waals surface area contributed by atoms with Gasteiger partial charge in [-0.1, -0.05) is 17.3 Å². The second-order valence-corrected chi connectivity index (χ2v) is 6.75. The molecule has 0 spiro atoms. The topological polar surface area (TPSA) is 47.1 Å². The predicted molar refractivity (Wildman–Crippen MR) is 108 cm³/mol. The molecule has 5 nitrogen and oxygen atoms in total. The molecular formula is C22H22N4O. The summed E-state index contributed by atoms with van der Waals surface area (Å²) in [5, 5.41) is 4.09. The standard InChI is InChI=1S/C22H22N4O/c1-15-5-6-18(22-16(2)24-27-17(22)3)13-21(15)25(4)19-7-9-20(10-8-19)26-12-11-23-14-26/h5-14H,1-4H3. The molecule has 27 heavy (non-hydrogen) atoms. The lowest BCUT2D eigenvalue weighted by molar-refractivity contribution is 0.393. The van der Waals surface area contributed by atoms with Crippen molar-refractivity contribution in [2.24, 2.45) is 0 Å². The van der Waals surface area contributed by atoms with E-state index in [2.05, 4.69) is 71.5 Å². The van der Waals surface area contributed by atoms with Crippen LogP contribution in [0.25, 0.3) is 16.8 Å². The monoisotopic (exact) mass is 358 g/mol. The summed E-state index contributed by atoms with van der Waals surface area (Å²) in [6, 6.07) is 14.9. The first-order chi connectivity index (χ1) is 13.0. The average molecular weight is 358 g/mol. The second kappa shape index (κ2) is 6.76. The van der Waals surface area contributed by atoms with E-state index in [4.69, 9.17) is 4.52 Å². The van der Waals surface area contributed by atoms with Gasteiger partial charge in [0.2, 0.25) is 0 Å². The Morgan fingerprint density at radius 1 is 1.00 bits per heavy atom. The Kier molecular flexibility index (Phi) is 4.28. The van der Waals surface area contributed by atoms with Crippen molar-refractivity contribution < 1.29 is 4.52 Å². The molecule has 2 heterocycles. The first-order valence-corrected chi connectivity index (χ1v) is 8.90. The van der Waals surface area contributed by atoms with E-state index in [9.17, 15) is 0 Å². The quantitative estimate of drug-likeness (QED) is 0.502. The van der Waals surface area contributed by atoms with E-state index in [1.54, 1.807) is 12.5 Å². The highest BCUT2D eigenvalue weighted by Gasteiger charge is 2.15. The fourth-order valence-electron chi connectivity index (χ4n) is 3.42. The van der Waals surface area contributed by atoms with E-state index >= 15 is 0 Å². The number of rotatable bonds is 4. The van der Waals surface area contributed by atoms with Crippen molar-refractivity contribution in [2.75, 3.05) is 11.9 Å². The van der Waals surface area contributed by atoms with Crippen LogP contribution in [0.4, 0.5) is 11.4 Å². The maximum atomic E-state index is 5.34. The highest BCUT2D eigenvalue weighted by Crippen LogP contribution is 2.34. The average Bonchev–Trinajstić information content (AvgIpc) is 3.32. The maximum Gasteiger partial charge on any atom is 0.141 e. The molecule has 0 aliphatic rings. The van der Waals surface area contributed by atoms with Crippen LogP contribution in [0.1, 0.15) is 17.0 Å². The highest BCUT2D eigenvalue weighted by atomic mass is 16.5. The number of hydrogen-bond donors (Lipinski definition) is 0. The first kappa shape index (κ1) is 17.1. The number of imidazole rings is 1. The summed E-state index contributed by atoms with van der Waals surface area (Å²) in [6.45, 7) is 6.06. The van der Waals surface area contributed by atoms with Gasteiger partial charge in [-0.3, -0.25) is 0 Å². The molecule has 4 aromatic rings. The molecule has 5 heteroatoms. The molecule has 136 valence electrons. The molecule has 0 saturated heterocycles. The number of nitrogens with zero attached hydrogens (tertiary/aromatic N) is 4. The fourth-order valence-corrected chi connectivity index (χ4v) is 3.42. The van der Waals surface area contributed by atoms with Crippen molar-refractivity contribution in [3.05, 3.63) is 78.2 Å². The van der Waals surface area contributed by atoms with E-state index < -0.39 is 0 Å². The summed E-state index contributed by atoms with van der Waals surface area (Å²) in [5.74, 6) is 0.842. The first-order valence-electron chi connectivity index (χ1n) is 8.90. The van der Waals surface area contributed by atoms with Crippen LogP contribution in [0, 0.1) is 20.8 Å². The van der Waals surface area contributed by atoms with Crippen molar-refractivity contribution in [3.63, 3.8) is 0 Å². The maximum absolute atomic E-state index is 5.34. The fraction of sp³-hybridized carbons (Fsp3) is 0.182. The van der Waals surface area contributed by atoms with Gasteiger partial charge in [0.15, 0.2) is 0 Å². The third-order valence-corrected chi connectivity index (χ3v) is 4.93. The van der Waals surface area contributed by atoms with E-state index in [0.29, 0.717) is 0 Å². The SMILES string of the molecule is Cc1ccc(-c2c(C)noc2C)cc1N(C)c1ccc(-n2ccnc2)cc1. The molecule has 0 saturated carbocycles. The molecule has 0 amide bonds. The smallest absolute Gasteiger partial charge is 0.141 e. The van der Waals surface area contributed by atoms with Crippen LogP contribution in [0.5, 0.6) is 0 Å². The third kappa shape index (κ3) is 3.12. The predicted octanol–water partition coefficient (Wildman–Crippen LogP) is 5.22. The van der Waals surface area contributed by atoms with Crippen LogP contribution >= 0.6 is 0 Å². The molecule has 0 aliphatic carbocycles. The molecule has 0 radical (unpaired) electrons. The van der Waals surface area contributed by atoms with Gasteiger partial charge in [-0.05, 0) is 62.2 Å². The third-order valence-electron chi connectivity index (χ3n) is 4.93. The van der Waals surface area contributed by atoms with Crippen molar-refractivity contribution in [1.29, 1.82) is 0 Å². The van der Waals surface area contributed by atoms with Crippen LogP contribution in [-0.2, 0) is 0 Å². The molecule has 0 aliphatic heterocycles. The minimum absolute atomic E-state index is 0.842. The molecule has 0 bridgehead atoms. The van der Waals surface area contributed by atoms with Crippen LogP contribution in [-0.4, -0.2) is 21.8 Å². The molecule has 0 fully saturated rings. The number of aryl methyl sites for hydroxylation is 3. The highest BCUT2D eigenvalue weighted by molar-refractivity contribution is 5.76. The van der Waals surface area contributed by atoms with Gasteiger partial charge < -0.3 is 14.0 Å². The van der Waals surface area contributed by atoms with Gasteiger partial charge in [0.25, 0.3) is 0 Å². The van der Waals surface area contributed by atoms with Crippen molar-refractivity contribution >= 4 is 11.4 Å². The zero-order valence-electron chi connectivity index (χ0n) is 16.0. The van der Waals surface area contributed by atoms with Gasteiger partial charge in [0.05, 0.1) is 12.0 Å². The lowest BCUT2D eigenvalue weighted by Crippen LogP contribution is -2.11. The van der Waals surface area contributed by atoms with Crippen molar-refractivity contribution in [1.82, 2.24) is 14.7 Å². The summed E-state index contributed by atoms with van der Waals surface area (Å²) >= 11 is 0. The van der Waals surface area contributed by atoms with E-state index in [1.165, 1.54) is 5.56 Å². The summed E-state index contributed by atoms with van der Waals surface area (Å²) in [6.07, 6.45) is 5.52. The second-order valence-electron chi connectivity index (χ2n) is 6.75. The molecule has 4 rings (SSSR count). The normalized spacial score (nSPS) is 11.0. The number of benzene rings is 2. The minimum Gasteiger partial charge on any atom is -0.361 e.